The number of aromatic nitrogens is 2. The zero-order valence-electron chi connectivity index (χ0n) is 10.1. The van der Waals surface area contributed by atoms with Crippen LogP contribution < -0.4 is 5.69 Å². The maximum Gasteiger partial charge on any atom is 0.337 e. The van der Waals surface area contributed by atoms with E-state index in [1.54, 1.807) is 16.7 Å². The van der Waals surface area contributed by atoms with Crippen molar-refractivity contribution in [2.75, 3.05) is 0 Å². The molecule has 0 fully saturated rings. The number of carbonyl (C=O) groups is 1. The van der Waals surface area contributed by atoms with E-state index >= 15 is 0 Å². The van der Waals surface area contributed by atoms with Crippen LogP contribution >= 0.6 is 27.3 Å². The molecule has 5 nitrogen and oxygen atoms in total. The Hall–Kier alpha value is -1.86. The summed E-state index contributed by atoms with van der Waals surface area (Å²) in [6.07, 6.45) is 0. The van der Waals surface area contributed by atoms with Gasteiger partial charge in [0.1, 0.15) is 0 Å². The number of nitrogens with one attached hydrogen (secondary N) is 1. The van der Waals surface area contributed by atoms with E-state index in [0.29, 0.717) is 17.6 Å². The Morgan fingerprint density at radius 3 is 2.90 bits per heavy atom. The van der Waals surface area contributed by atoms with Gasteiger partial charge in [0, 0.05) is 14.7 Å². The highest BCUT2D eigenvalue weighted by atomic mass is 79.9. The van der Waals surface area contributed by atoms with Gasteiger partial charge in [-0.2, -0.15) is 0 Å². The van der Waals surface area contributed by atoms with Gasteiger partial charge in [0.25, 0.3) is 0 Å². The topological polar surface area (TPSA) is 75.1 Å². The highest BCUT2D eigenvalue weighted by Gasteiger charge is 2.14. The van der Waals surface area contributed by atoms with Crippen molar-refractivity contribution in [2.24, 2.45) is 0 Å². The van der Waals surface area contributed by atoms with E-state index in [0.717, 1.165) is 9.35 Å². The van der Waals surface area contributed by atoms with E-state index in [9.17, 15) is 9.59 Å². The third kappa shape index (κ3) is 2.19. The molecule has 0 amide bonds. The molecule has 0 bridgehead atoms. The Morgan fingerprint density at radius 2 is 2.25 bits per heavy atom. The number of thiophene rings is 1. The number of rotatable bonds is 3. The molecule has 102 valence electrons. The van der Waals surface area contributed by atoms with E-state index in [4.69, 9.17) is 5.11 Å². The molecule has 0 aliphatic carbocycles. The predicted octanol–water partition coefficient (Wildman–Crippen LogP) is 2.90. The fourth-order valence-corrected chi connectivity index (χ4v) is 3.55. The van der Waals surface area contributed by atoms with Crippen LogP contribution in [0, 0.1) is 0 Å². The monoisotopic (exact) mass is 352 g/mol. The van der Waals surface area contributed by atoms with Crippen LogP contribution in [0.3, 0.4) is 0 Å². The van der Waals surface area contributed by atoms with Gasteiger partial charge in [-0.05, 0) is 34.1 Å². The molecule has 0 unspecified atom stereocenters. The van der Waals surface area contributed by atoms with Gasteiger partial charge in [0.2, 0.25) is 0 Å². The molecule has 0 aliphatic rings. The summed E-state index contributed by atoms with van der Waals surface area (Å²) in [6, 6.07) is 6.80. The molecule has 3 aromatic rings. The van der Waals surface area contributed by atoms with Crippen LogP contribution in [0.25, 0.3) is 11.0 Å². The highest BCUT2D eigenvalue weighted by molar-refractivity contribution is 9.10. The van der Waals surface area contributed by atoms with Crippen molar-refractivity contribution < 1.29 is 9.90 Å². The fraction of sp³-hybridized carbons (Fsp3) is 0.0769. The Labute approximate surface area is 125 Å². The molecule has 2 heterocycles. The summed E-state index contributed by atoms with van der Waals surface area (Å²) in [5.74, 6) is -1.05. The van der Waals surface area contributed by atoms with Crippen molar-refractivity contribution in [1.29, 1.82) is 0 Å². The highest BCUT2D eigenvalue weighted by Crippen LogP contribution is 2.22. The summed E-state index contributed by atoms with van der Waals surface area (Å²) >= 11 is 4.91. The molecule has 0 spiro atoms. The zero-order chi connectivity index (χ0) is 14.3. The SMILES string of the molecule is O=C(O)c1cccc2c1[nH]c(=O)n2Cc1cc(Br)cs1. The summed E-state index contributed by atoms with van der Waals surface area (Å²) in [4.78, 5) is 26.8. The zero-order valence-corrected chi connectivity index (χ0v) is 12.5. The molecular weight excluding hydrogens is 344 g/mol. The molecule has 0 saturated carbocycles. The third-order valence-electron chi connectivity index (χ3n) is 2.98. The second-order valence-electron chi connectivity index (χ2n) is 4.25. The molecule has 0 radical (unpaired) electrons. The predicted molar refractivity (Wildman–Crippen MR) is 80.6 cm³/mol. The van der Waals surface area contributed by atoms with Gasteiger partial charge in [0.05, 0.1) is 23.1 Å². The lowest BCUT2D eigenvalue weighted by Gasteiger charge is -2.01. The van der Waals surface area contributed by atoms with Crippen LogP contribution in [0.15, 0.2) is 38.9 Å². The minimum atomic E-state index is -1.05. The Morgan fingerprint density at radius 1 is 1.45 bits per heavy atom. The van der Waals surface area contributed by atoms with E-state index in [-0.39, 0.29) is 11.3 Å². The first-order chi connectivity index (χ1) is 9.56. The molecular formula is C13H9BrN2O3S. The van der Waals surface area contributed by atoms with Crippen molar-refractivity contribution in [3.05, 3.63) is 55.0 Å². The first-order valence-electron chi connectivity index (χ1n) is 5.74. The number of carboxylic acid groups (broad SMARTS) is 1. The van der Waals surface area contributed by atoms with Crippen LogP contribution in [0.4, 0.5) is 0 Å². The molecule has 2 N–H and O–H groups in total. The standard InChI is InChI=1S/C13H9BrN2O3S/c14-7-4-8(20-6-7)5-16-10-3-1-2-9(12(17)18)11(10)15-13(16)19/h1-4,6H,5H2,(H,15,19)(H,17,18). The summed E-state index contributed by atoms with van der Waals surface area (Å²) in [5, 5.41) is 11.1. The van der Waals surface area contributed by atoms with E-state index in [1.165, 1.54) is 17.4 Å². The lowest BCUT2D eigenvalue weighted by atomic mass is 10.2. The number of carboxylic acids is 1. The van der Waals surface area contributed by atoms with Crippen LogP contribution in [-0.2, 0) is 6.54 Å². The van der Waals surface area contributed by atoms with Gasteiger partial charge in [0.15, 0.2) is 0 Å². The second-order valence-corrected chi connectivity index (χ2v) is 6.16. The van der Waals surface area contributed by atoms with Gasteiger partial charge in [-0.25, -0.2) is 9.59 Å². The van der Waals surface area contributed by atoms with Crippen molar-refractivity contribution in [2.45, 2.75) is 6.54 Å². The van der Waals surface area contributed by atoms with Crippen molar-refractivity contribution in [3.63, 3.8) is 0 Å². The maximum absolute atomic E-state index is 12.0. The Balaban J connectivity index is 2.16. The first-order valence-corrected chi connectivity index (χ1v) is 7.41. The summed E-state index contributed by atoms with van der Waals surface area (Å²) < 4.78 is 2.51. The first kappa shape index (κ1) is 13.1. The minimum Gasteiger partial charge on any atom is -0.478 e. The van der Waals surface area contributed by atoms with Gasteiger partial charge in [-0.1, -0.05) is 6.07 Å². The van der Waals surface area contributed by atoms with Crippen molar-refractivity contribution >= 4 is 44.3 Å². The summed E-state index contributed by atoms with van der Waals surface area (Å²) in [5.41, 5.74) is 0.754. The number of benzene rings is 1. The van der Waals surface area contributed by atoms with Crippen molar-refractivity contribution in [3.8, 4) is 0 Å². The number of aromatic amines is 1. The van der Waals surface area contributed by atoms with E-state index in [2.05, 4.69) is 20.9 Å². The largest absolute Gasteiger partial charge is 0.478 e. The molecule has 2 aromatic heterocycles. The number of aromatic carboxylic acids is 1. The average molecular weight is 353 g/mol. The summed E-state index contributed by atoms with van der Waals surface area (Å²) in [7, 11) is 0. The van der Waals surface area contributed by atoms with Crippen LogP contribution in [0.2, 0.25) is 0 Å². The van der Waals surface area contributed by atoms with Crippen molar-refractivity contribution in [1.82, 2.24) is 9.55 Å². The summed E-state index contributed by atoms with van der Waals surface area (Å²) in [6.45, 7) is 0.415. The Bertz CT molecular complexity index is 862. The number of fused-ring (bicyclic) bond motifs is 1. The minimum absolute atomic E-state index is 0.103. The normalized spacial score (nSPS) is 11.1. The number of hydrogen-bond acceptors (Lipinski definition) is 3. The number of hydrogen-bond donors (Lipinski definition) is 2. The van der Waals surface area contributed by atoms with Gasteiger partial charge in [-0.15, -0.1) is 11.3 Å². The molecule has 0 saturated heterocycles. The van der Waals surface area contributed by atoms with Gasteiger partial charge < -0.3 is 10.1 Å². The van der Waals surface area contributed by atoms with E-state index < -0.39 is 5.97 Å². The van der Waals surface area contributed by atoms with Crippen LogP contribution in [0.1, 0.15) is 15.2 Å². The smallest absolute Gasteiger partial charge is 0.337 e. The third-order valence-corrected chi connectivity index (χ3v) is 4.66. The Kier molecular flexibility index (Phi) is 3.23. The number of imidazole rings is 1. The lowest BCUT2D eigenvalue weighted by Crippen LogP contribution is -2.16. The number of H-pyrrole nitrogens is 1. The number of nitrogens with zero attached hydrogens (tertiary/aromatic N) is 1. The molecule has 0 aliphatic heterocycles. The molecule has 0 atom stereocenters. The van der Waals surface area contributed by atoms with Gasteiger partial charge in [-0.3, -0.25) is 4.57 Å². The quantitative estimate of drug-likeness (QED) is 0.760. The number of halogens is 1. The van der Waals surface area contributed by atoms with Crippen LogP contribution in [0.5, 0.6) is 0 Å². The fourth-order valence-electron chi connectivity index (χ4n) is 2.11. The van der Waals surface area contributed by atoms with Crippen LogP contribution in [-0.4, -0.2) is 20.6 Å². The lowest BCUT2D eigenvalue weighted by molar-refractivity contribution is 0.0699. The molecule has 7 heteroatoms. The van der Waals surface area contributed by atoms with Gasteiger partial charge >= 0.3 is 11.7 Å². The second kappa shape index (κ2) is 4.92. The average Bonchev–Trinajstić information content (AvgIpc) is 2.94. The maximum atomic E-state index is 12.0. The molecule has 3 rings (SSSR count). The molecule has 20 heavy (non-hydrogen) atoms. The number of para-hydroxylation sites is 1. The van der Waals surface area contributed by atoms with E-state index in [1.807, 2.05) is 11.4 Å². The molecule has 1 aromatic carbocycles.